The molecule has 1 aromatic heterocycles. The molecule has 0 amide bonds. The fourth-order valence-electron chi connectivity index (χ4n) is 3.20. The molecule has 0 radical (unpaired) electrons. The minimum atomic E-state index is -0.196. The van der Waals surface area contributed by atoms with E-state index in [9.17, 15) is 15.3 Å². The number of aromatic amines is 1. The first-order chi connectivity index (χ1) is 13.1. The highest BCUT2D eigenvalue weighted by Crippen LogP contribution is 2.37. The second-order valence-electron chi connectivity index (χ2n) is 6.26. The van der Waals surface area contributed by atoms with E-state index in [2.05, 4.69) is 17.1 Å². The van der Waals surface area contributed by atoms with Gasteiger partial charge in [0.05, 0.1) is 12.4 Å². The van der Waals surface area contributed by atoms with Crippen LogP contribution in [0.2, 0.25) is 0 Å². The van der Waals surface area contributed by atoms with Crippen LogP contribution in [0.3, 0.4) is 0 Å². The van der Waals surface area contributed by atoms with Gasteiger partial charge < -0.3 is 4.74 Å². The van der Waals surface area contributed by atoms with Crippen LogP contribution in [0.5, 0.6) is 5.75 Å². The Morgan fingerprint density at radius 1 is 1.19 bits per heavy atom. The van der Waals surface area contributed by atoms with Crippen molar-refractivity contribution in [1.82, 2.24) is 0 Å². The fraction of sp³-hybridized carbons (Fsp3) is 0.300. The summed E-state index contributed by atoms with van der Waals surface area (Å²) in [4.78, 5) is 15.2. The summed E-state index contributed by atoms with van der Waals surface area (Å²) in [6, 6.07) is 11.4. The first-order valence-corrected chi connectivity index (χ1v) is 9.49. The molecule has 1 aliphatic carbocycles. The van der Waals surface area contributed by atoms with Gasteiger partial charge in [-0.1, -0.05) is 30.3 Å². The third kappa shape index (κ3) is 3.74. The number of nitrogens with one attached hydrogen (secondary N) is 1. The Morgan fingerprint density at radius 2 is 1.89 bits per heavy atom. The van der Waals surface area contributed by atoms with E-state index in [4.69, 9.17) is 10.5 Å². The molecule has 0 unspecified atom stereocenters. The van der Waals surface area contributed by atoms with E-state index in [1.807, 2.05) is 0 Å². The maximum absolute atomic E-state index is 12.2. The molecule has 0 bridgehead atoms. The minimum Gasteiger partial charge on any atom is -0.497 e. The van der Waals surface area contributed by atoms with E-state index < -0.39 is 0 Å². The van der Waals surface area contributed by atoms with E-state index >= 15 is 0 Å². The summed E-state index contributed by atoms with van der Waals surface area (Å²) in [5.41, 5.74) is 7.80. The van der Waals surface area contributed by atoms with E-state index in [-0.39, 0.29) is 22.4 Å². The number of thioether (sulfide) groups is 1. The molecule has 3 rings (SSSR count). The number of methoxy groups -OCH3 is 1. The number of nitrogen functional groups attached to an aromatic ring is 1. The largest absolute Gasteiger partial charge is 0.497 e. The molecule has 1 heterocycles. The van der Waals surface area contributed by atoms with E-state index in [0.717, 1.165) is 19.3 Å². The Balaban J connectivity index is 2.13. The van der Waals surface area contributed by atoms with Crippen molar-refractivity contribution >= 4 is 23.4 Å². The third-order valence-electron chi connectivity index (χ3n) is 4.61. The topological polar surface area (TPSA) is 114 Å². The van der Waals surface area contributed by atoms with Crippen molar-refractivity contribution in [2.45, 2.75) is 36.0 Å². The monoisotopic (exact) mass is 379 g/mol. The lowest BCUT2D eigenvalue weighted by molar-refractivity contribution is -0.410. The second-order valence-corrected chi connectivity index (χ2v) is 7.48. The molecule has 3 N–H and O–H groups in total. The molecule has 0 spiro atoms. The second kappa shape index (κ2) is 8.11. The molecule has 6 nitrogen and oxygen atoms in total. The van der Waals surface area contributed by atoms with E-state index in [1.54, 1.807) is 31.4 Å². The number of anilines is 1. The van der Waals surface area contributed by atoms with Gasteiger partial charge >= 0.3 is 0 Å². The van der Waals surface area contributed by atoms with Crippen molar-refractivity contribution < 1.29 is 14.5 Å². The number of nitrogens with two attached hydrogens (primary N) is 1. The van der Waals surface area contributed by atoms with Crippen LogP contribution in [-0.2, 0) is 4.79 Å². The first-order valence-electron chi connectivity index (χ1n) is 8.61. The van der Waals surface area contributed by atoms with Gasteiger partial charge in [-0.2, -0.15) is 10.5 Å². The molecule has 0 aliphatic heterocycles. The molecule has 136 valence electrons. The summed E-state index contributed by atoms with van der Waals surface area (Å²) >= 11 is 1.33. The average molecular weight is 379 g/mol. The maximum Gasteiger partial charge on any atom is 0.289 e. The standard InChI is InChI=1S/C20H18N4O2S/c1-26-13-8-6-12(7-9-13)18-14(10-21)19(23)24-20(15(18)11-22)27-17-5-3-2-4-16(17)25/h6-9,17H,2-5H2,1H3,(H2,23,24)/p+1/t17-/m1/s1. The number of H-pyrrole nitrogens is 1. The predicted octanol–water partition coefficient (Wildman–Crippen LogP) is 3.11. The van der Waals surface area contributed by atoms with Gasteiger partial charge in [-0.15, -0.1) is 0 Å². The Kier molecular flexibility index (Phi) is 5.63. The first kappa shape index (κ1) is 18.8. The lowest BCUT2D eigenvalue weighted by Crippen LogP contribution is -2.25. The number of ketones is 1. The average Bonchev–Trinajstić information content (AvgIpc) is 2.69. The molecule has 1 fully saturated rings. The van der Waals surface area contributed by atoms with Gasteiger partial charge in [-0.25, -0.2) is 4.98 Å². The summed E-state index contributed by atoms with van der Waals surface area (Å²) in [7, 11) is 1.57. The molecule has 1 saturated carbocycles. The van der Waals surface area contributed by atoms with Crippen molar-refractivity contribution in [3.8, 4) is 29.0 Å². The number of aromatic nitrogens is 1. The fourth-order valence-corrected chi connectivity index (χ4v) is 4.45. The normalized spacial score (nSPS) is 16.4. The zero-order valence-electron chi connectivity index (χ0n) is 14.9. The van der Waals surface area contributed by atoms with Crippen LogP contribution < -0.4 is 15.5 Å². The number of rotatable bonds is 4. The molecule has 1 aromatic carbocycles. The molecular weight excluding hydrogens is 360 g/mol. The highest BCUT2D eigenvalue weighted by atomic mass is 32.2. The zero-order chi connectivity index (χ0) is 19.4. The van der Waals surface area contributed by atoms with Crippen LogP contribution >= 0.6 is 11.8 Å². The molecule has 1 atom stereocenters. The van der Waals surface area contributed by atoms with Gasteiger partial charge in [-0.05, 0) is 30.5 Å². The highest BCUT2D eigenvalue weighted by Gasteiger charge is 2.29. The zero-order valence-corrected chi connectivity index (χ0v) is 15.7. The number of carbonyl (C=O) groups is 1. The number of hydrogen-bond acceptors (Lipinski definition) is 6. The van der Waals surface area contributed by atoms with Gasteiger partial charge in [0.15, 0.2) is 5.03 Å². The van der Waals surface area contributed by atoms with Gasteiger partial charge in [0.1, 0.15) is 34.8 Å². The Hall–Kier alpha value is -3.03. The summed E-state index contributed by atoms with van der Waals surface area (Å²) in [5, 5.41) is 19.7. The van der Waals surface area contributed by atoms with Crippen molar-refractivity contribution in [1.29, 1.82) is 10.5 Å². The molecule has 27 heavy (non-hydrogen) atoms. The summed E-state index contributed by atoms with van der Waals surface area (Å²) < 4.78 is 5.18. The van der Waals surface area contributed by atoms with Crippen LogP contribution in [-0.4, -0.2) is 18.1 Å². The van der Waals surface area contributed by atoms with Gasteiger partial charge in [0.25, 0.3) is 5.82 Å². The minimum absolute atomic E-state index is 0.188. The highest BCUT2D eigenvalue weighted by molar-refractivity contribution is 8.00. The molecule has 0 saturated heterocycles. The Morgan fingerprint density at radius 3 is 2.48 bits per heavy atom. The molecule has 7 heteroatoms. The van der Waals surface area contributed by atoms with Crippen LogP contribution in [0.1, 0.15) is 36.8 Å². The van der Waals surface area contributed by atoms with E-state index in [1.165, 1.54) is 11.8 Å². The van der Waals surface area contributed by atoms with E-state index in [0.29, 0.717) is 33.9 Å². The van der Waals surface area contributed by atoms with Crippen molar-refractivity contribution in [2.75, 3.05) is 12.8 Å². The summed E-state index contributed by atoms with van der Waals surface area (Å²) in [5.74, 6) is 1.05. The number of ether oxygens (including phenoxy) is 1. The molecule has 2 aromatic rings. The third-order valence-corrected chi connectivity index (χ3v) is 5.93. The molecule has 1 aliphatic rings. The SMILES string of the molecule is COc1ccc(-c2c(C#N)c(N)[nH+]c(S[C@@H]3CCCCC3=O)c2C#N)cc1. The summed E-state index contributed by atoms with van der Waals surface area (Å²) in [6.07, 6.45) is 3.25. The number of Topliss-reactive ketones (excluding diaryl/α,β-unsaturated/α-hetero) is 1. The number of pyridine rings is 1. The number of nitriles is 2. The number of benzene rings is 1. The summed E-state index contributed by atoms with van der Waals surface area (Å²) in [6.45, 7) is 0. The Labute approximate surface area is 162 Å². The van der Waals surface area contributed by atoms with Gasteiger partial charge in [-0.3, -0.25) is 10.5 Å². The van der Waals surface area contributed by atoms with Crippen LogP contribution in [0, 0.1) is 22.7 Å². The maximum atomic E-state index is 12.2. The van der Waals surface area contributed by atoms with Crippen LogP contribution in [0.25, 0.3) is 11.1 Å². The lowest BCUT2D eigenvalue weighted by atomic mass is 9.97. The smallest absolute Gasteiger partial charge is 0.289 e. The van der Waals surface area contributed by atoms with Crippen LogP contribution in [0.15, 0.2) is 29.3 Å². The predicted molar refractivity (Wildman–Crippen MR) is 102 cm³/mol. The van der Waals surface area contributed by atoms with Crippen molar-refractivity contribution in [2.24, 2.45) is 0 Å². The Bertz CT molecular complexity index is 958. The van der Waals surface area contributed by atoms with Crippen molar-refractivity contribution in [3.05, 3.63) is 35.4 Å². The lowest BCUT2D eigenvalue weighted by Gasteiger charge is -2.19. The van der Waals surface area contributed by atoms with Gasteiger partial charge in [0, 0.05) is 12.0 Å². The van der Waals surface area contributed by atoms with Crippen molar-refractivity contribution in [3.63, 3.8) is 0 Å². The van der Waals surface area contributed by atoms with Crippen LogP contribution in [0.4, 0.5) is 5.82 Å². The quantitative estimate of drug-likeness (QED) is 0.873. The van der Waals surface area contributed by atoms with Gasteiger partial charge in [0.2, 0.25) is 0 Å². The molecular formula is C20H19N4O2S+. The number of hydrogen-bond donors (Lipinski definition) is 1. The number of carbonyl (C=O) groups excluding carboxylic acids is 1. The number of nitrogens with zero attached hydrogens (tertiary/aromatic N) is 2.